The predicted molar refractivity (Wildman–Crippen MR) is 122 cm³/mol. The lowest BCUT2D eigenvalue weighted by Crippen LogP contribution is -2.33. The van der Waals surface area contributed by atoms with E-state index in [1.54, 1.807) is 43.8 Å². The molecule has 9 nitrogen and oxygen atoms in total. The molecule has 0 aliphatic heterocycles. The van der Waals surface area contributed by atoms with Crippen molar-refractivity contribution in [3.8, 4) is 22.8 Å². The summed E-state index contributed by atoms with van der Waals surface area (Å²) in [6, 6.07) is 5.88. The van der Waals surface area contributed by atoms with Crippen LogP contribution in [0.2, 0.25) is 0 Å². The summed E-state index contributed by atoms with van der Waals surface area (Å²) in [6.07, 6.45) is 2.84. The van der Waals surface area contributed by atoms with E-state index in [0.29, 0.717) is 60.7 Å². The smallest absolute Gasteiger partial charge is 0.407 e. The molecule has 0 radical (unpaired) electrons. The van der Waals surface area contributed by atoms with Crippen LogP contribution in [0.15, 0.2) is 30.5 Å². The summed E-state index contributed by atoms with van der Waals surface area (Å²) >= 11 is 0. The summed E-state index contributed by atoms with van der Waals surface area (Å²) in [6.45, 7) is 6.07. The average molecular weight is 468 g/mol. The Balaban J connectivity index is 1.61. The first kappa shape index (κ1) is 23.3. The number of rotatable bonds is 6. The van der Waals surface area contributed by atoms with Gasteiger partial charge in [-0.15, -0.1) is 0 Å². The lowest BCUT2D eigenvalue weighted by molar-refractivity contribution is 0.0526. The number of carboxylic acids is 1. The summed E-state index contributed by atoms with van der Waals surface area (Å²) in [5.74, 6) is -1.03. The highest BCUT2D eigenvalue weighted by atomic mass is 19.1. The molecule has 0 saturated carbocycles. The third kappa shape index (κ3) is 5.05. The minimum absolute atomic E-state index is 0.00250. The Bertz CT molecular complexity index is 1230. The summed E-state index contributed by atoms with van der Waals surface area (Å²) in [7, 11) is 0. The van der Waals surface area contributed by atoms with Crippen molar-refractivity contribution < 1.29 is 23.8 Å². The van der Waals surface area contributed by atoms with Crippen LogP contribution in [-0.4, -0.2) is 49.1 Å². The first-order valence-electron chi connectivity index (χ1n) is 11.0. The minimum atomic E-state index is -1.10. The molecule has 0 bridgehead atoms. The Kier molecular flexibility index (Phi) is 6.32. The SMILES string of the molecule is CC(C)(C)OC(=O)NCCCn1nc(C(=O)O)c2c1-c1nc(-c3ccc(F)cc3)ncc1CC2. The molecule has 0 fully saturated rings. The number of carbonyl (C=O) groups is 2. The molecule has 1 aromatic carbocycles. The number of nitrogens with one attached hydrogen (secondary N) is 1. The maximum atomic E-state index is 13.3. The topological polar surface area (TPSA) is 119 Å². The van der Waals surface area contributed by atoms with Gasteiger partial charge in [0.2, 0.25) is 0 Å². The second-order valence-electron chi connectivity index (χ2n) is 9.06. The van der Waals surface area contributed by atoms with Gasteiger partial charge in [0.05, 0.1) is 11.4 Å². The monoisotopic (exact) mass is 467 g/mol. The van der Waals surface area contributed by atoms with Crippen molar-refractivity contribution in [1.29, 1.82) is 0 Å². The molecule has 2 N–H and O–H groups in total. The van der Waals surface area contributed by atoms with E-state index in [1.807, 2.05) is 0 Å². The van der Waals surface area contributed by atoms with Crippen LogP contribution in [0, 0.1) is 5.82 Å². The van der Waals surface area contributed by atoms with E-state index in [-0.39, 0.29) is 11.5 Å². The Morgan fingerprint density at radius 1 is 1.21 bits per heavy atom. The van der Waals surface area contributed by atoms with Crippen molar-refractivity contribution in [2.75, 3.05) is 6.54 Å². The van der Waals surface area contributed by atoms with Crippen LogP contribution in [0.4, 0.5) is 9.18 Å². The number of aryl methyl sites for hydroxylation is 2. The van der Waals surface area contributed by atoms with E-state index in [2.05, 4.69) is 15.4 Å². The van der Waals surface area contributed by atoms with E-state index in [0.717, 1.165) is 5.56 Å². The van der Waals surface area contributed by atoms with E-state index >= 15 is 0 Å². The van der Waals surface area contributed by atoms with Crippen molar-refractivity contribution in [3.05, 3.63) is 53.1 Å². The second kappa shape index (κ2) is 9.20. The average Bonchev–Trinajstić information content (AvgIpc) is 3.15. The van der Waals surface area contributed by atoms with Gasteiger partial charge in [0, 0.05) is 30.4 Å². The van der Waals surface area contributed by atoms with Crippen molar-refractivity contribution in [1.82, 2.24) is 25.1 Å². The maximum Gasteiger partial charge on any atom is 0.407 e. The molecule has 2 aromatic heterocycles. The molecule has 0 unspecified atom stereocenters. The van der Waals surface area contributed by atoms with Gasteiger partial charge in [-0.05, 0) is 69.9 Å². The highest BCUT2D eigenvalue weighted by Crippen LogP contribution is 2.35. The molecule has 3 aromatic rings. The van der Waals surface area contributed by atoms with Gasteiger partial charge in [-0.1, -0.05) is 0 Å². The Hall–Kier alpha value is -3.82. The molecule has 34 heavy (non-hydrogen) atoms. The summed E-state index contributed by atoms with van der Waals surface area (Å²) < 4.78 is 20.2. The second-order valence-corrected chi connectivity index (χ2v) is 9.06. The lowest BCUT2D eigenvalue weighted by atomic mass is 9.93. The number of carboxylic acid groups (broad SMARTS) is 1. The van der Waals surface area contributed by atoms with Gasteiger partial charge in [0.25, 0.3) is 0 Å². The fourth-order valence-electron chi connectivity index (χ4n) is 3.86. The maximum absolute atomic E-state index is 13.3. The van der Waals surface area contributed by atoms with E-state index in [4.69, 9.17) is 9.72 Å². The largest absolute Gasteiger partial charge is 0.476 e. The first-order chi connectivity index (χ1) is 16.1. The number of carbonyl (C=O) groups excluding carboxylic acids is 1. The molecule has 1 amide bonds. The number of fused-ring (bicyclic) bond motifs is 3. The Morgan fingerprint density at radius 2 is 1.94 bits per heavy atom. The molecule has 1 aliphatic rings. The molecule has 1 aliphatic carbocycles. The zero-order valence-corrected chi connectivity index (χ0v) is 19.3. The number of aromatic carboxylic acids is 1. The highest BCUT2D eigenvalue weighted by molar-refractivity contribution is 5.90. The lowest BCUT2D eigenvalue weighted by Gasteiger charge is -2.20. The molecule has 4 rings (SSSR count). The molecule has 0 saturated heterocycles. The Morgan fingerprint density at radius 3 is 2.62 bits per heavy atom. The predicted octanol–water partition coefficient (Wildman–Crippen LogP) is 3.86. The number of amides is 1. The van der Waals surface area contributed by atoms with Gasteiger partial charge >= 0.3 is 12.1 Å². The normalized spacial score (nSPS) is 12.6. The molecule has 0 atom stereocenters. The first-order valence-corrected chi connectivity index (χ1v) is 11.0. The number of hydrogen-bond acceptors (Lipinski definition) is 6. The van der Waals surface area contributed by atoms with Gasteiger partial charge in [-0.25, -0.2) is 23.9 Å². The van der Waals surface area contributed by atoms with Gasteiger partial charge in [0.1, 0.15) is 11.4 Å². The molecule has 2 heterocycles. The van der Waals surface area contributed by atoms with Crippen molar-refractivity contribution >= 4 is 12.1 Å². The van der Waals surface area contributed by atoms with Crippen molar-refractivity contribution in [3.63, 3.8) is 0 Å². The fourth-order valence-corrected chi connectivity index (χ4v) is 3.86. The van der Waals surface area contributed by atoms with Crippen LogP contribution in [0.25, 0.3) is 22.8 Å². The number of alkyl carbamates (subject to hydrolysis) is 1. The van der Waals surface area contributed by atoms with Gasteiger partial charge in [-0.3, -0.25) is 4.68 Å². The van der Waals surface area contributed by atoms with Gasteiger partial charge in [-0.2, -0.15) is 5.10 Å². The third-order valence-electron chi connectivity index (χ3n) is 5.30. The molecular weight excluding hydrogens is 441 g/mol. The highest BCUT2D eigenvalue weighted by Gasteiger charge is 2.29. The van der Waals surface area contributed by atoms with Crippen LogP contribution in [0.5, 0.6) is 0 Å². The van der Waals surface area contributed by atoms with Crippen LogP contribution >= 0.6 is 0 Å². The van der Waals surface area contributed by atoms with Crippen molar-refractivity contribution in [2.45, 2.75) is 52.2 Å². The van der Waals surface area contributed by atoms with Crippen molar-refractivity contribution in [2.24, 2.45) is 0 Å². The molecule has 178 valence electrons. The van der Waals surface area contributed by atoms with Crippen LogP contribution in [0.1, 0.15) is 48.8 Å². The number of aromatic nitrogens is 4. The molecule has 0 spiro atoms. The number of ether oxygens (including phenoxy) is 1. The van der Waals surface area contributed by atoms with Crippen LogP contribution in [0.3, 0.4) is 0 Å². The zero-order chi connectivity index (χ0) is 24.5. The van der Waals surface area contributed by atoms with E-state index in [9.17, 15) is 19.1 Å². The van der Waals surface area contributed by atoms with E-state index in [1.165, 1.54) is 12.1 Å². The van der Waals surface area contributed by atoms with Crippen LogP contribution in [-0.2, 0) is 24.1 Å². The number of nitrogens with zero attached hydrogens (tertiary/aromatic N) is 4. The fraction of sp³-hybridized carbons (Fsp3) is 0.375. The standard InChI is InChI=1S/C24H26FN5O4/c1-24(2,3)34-23(33)26-11-4-12-30-20-17(19(29-30)22(31)32)10-7-15-13-27-21(28-18(15)20)14-5-8-16(25)9-6-14/h5-6,8-9,13H,4,7,10-12H2,1-3H3,(H,26,33)(H,31,32). The summed E-state index contributed by atoms with van der Waals surface area (Å²) in [5, 5.41) is 16.7. The van der Waals surface area contributed by atoms with Gasteiger partial charge < -0.3 is 15.2 Å². The van der Waals surface area contributed by atoms with E-state index < -0.39 is 17.7 Å². The Labute approximate surface area is 196 Å². The third-order valence-corrected chi connectivity index (χ3v) is 5.30. The summed E-state index contributed by atoms with van der Waals surface area (Å²) in [4.78, 5) is 32.9. The summed E-state index contributed by atoms with van der Waals surface area (Å²) in [5.41, 5.74) is 2.85. The number of benzene rings is 1. The molecule has 10 heteroatoms. The van der Waals surface area contributed by atoms with Crippen LogP contribution < -0.4 is 5.32 Å². The number of hydrogen-bond donors (Lipinski definition) is 2. The minimum Gasteiger partial charge on any atom is -0.476 e. The zero-order valence-electron chi connectivity index (χ0n) is 19.3. The van der Waals surface area contributed by atoms with Gasteiger partial charge in [0.15, 0.2) is 11.5 Å². The number of halogens is 1. The quantitative estimate of drug-likeness (QED) is 0.528. The molecular formula is C24H26FN5O4.